The first-order valence-electron chi connectivity index (χ1n) is 32.9. The van der Waals surface area contributed by atoms with Gasteiger partial charge in [0.25, 0.3) is 0 Å². The van der Waals surface area contributed by atoms with Gasteiger partial charge in [-0.25, -0.2) is 33.5 Å². The molecule has 0 aliphatic heterocycles. The largest absolute Gasteiger partial charge is 0.477 e. The predicted octanol–water partition coefficient (Wildman–Crippen LogP) is 22.1. The third kappa shape index (κ3) is 21.6. The molecule has 3 radical (unpaired) electrons. The Kier molecular flexibility index (Phi) is 27.8. The Balaban J connectivity index is 0.000000213. The van der Waals surface area contributed by atoms with Crippen LogP contribution in [-0.2, 0) is 82.0 Å². The Morgan fingerprint density at radius 1 is 0.343 bits per heavy atom. The summed E-state index contributed by atoms with van der Waals surface area (Å²) in [6.07, 6.45) is 6.09. The van der Waals surface area contributed by atoms with E-state index in [1.165, 1.54) is 62.3 Å². The van der Waals surface area contributed by atoms with Crippen molar-refractivity contribution < 1.29 is 79.0 Å². The molecule has 0 saturated carbocycles. The number of benzene rings is 8. The molecule has 0 aliphatic carbocycles. The van der Waals surface area contributed by atoms with Crippen molar-refractivity contribution in [3.63, 3.8) is 0 Å². The van der Waals surface area contributed by atoms with E-state index >= 15 is 0 Å². The second-order valence-corrected chi connectivity index (χ2v) is 28.1. The molecule has 523 valence electrons. The minimum atomic E-state index is -0.990. The van der Waals surface area contributed by atoms with Crippen LogP contribution in [-0.4, -0.2) is 46.0 Å². The van der Waals surface area contributed by atoms with Crippen LogP contribution in [0.25, 0.3) is 101 Å². The first-order chi connectivity index (χ1) is 47.2. The standard InChI is InChI=1S/C37H36N.C34H33N4.C11H6F2N.C6H5NO2.3Ir/c1-36(2,3)33-17-13-26(14-18-33)30-23-31(27-15-19-34(20-16-27)37(4,5)6)25-32(24-30)28-10-9-11-29(22-28)35-12-7-8-21-38-35;1-33(2,3)27-17-12-24(13-18-27)30-36-31(25-14-19-28(20-15-25)34(4,5)6)38-32(37-30)26-16-21-29(35-22-26)23-10-8-7-9-11-23;12-9-6-10(13)11(14-7-9)8-4-2-1-3-5-8;8-6(9)5-3-1-2-4-7-5;;;/h7-10,12-25H,1-6H3;7-10,12-22H,1-6H3;1-4,6-7H;1-4H,(H,8,9);;;/q3*-1;;;;. The SMILES string of the molecule is CC(C)(C)c1ccc(-c2cc(-c3ccc(C(C)(C)C)cc3)cc(-c3cc[c-]c(-c4ccccn4)c3)c2)cc1.CC(C)(C)c1ccc(-c2nc(-c3ccc(C(C)(C)C)cc3)nc(-c3ccc(-c4[c-]cccc4)nc3)n2)cc1.Fc1cnc(-c2[c-]cccc2)c(F)c1.O=C(O)c1ccccn1.[Ir].[Ir].[Ir]. The summed E-state index contributed by atoms with van der Waals surface area (Å²) in [5.41, 5.74) is 20.1. The number of pyridine rings is 4. The van der Waals surface area contributed by atoms with E-state index in [0.717, 1.165) is 57.0 Å². The zero-order valence-electron chi connectivity index (χ0n) is 59.1. The van der Waals surface area contributed by atoms with Gasteiger partial charge in [0, 0.05) is 107 Å². The Bertz CT molecular complexity index is 4670. The van der Waals surface area contributed by atoms with E-state index in [4.69, 9.17) is 20.1 Å². The third-order valence-electron chi connectivity index (χ3n) is 16.5. The molecule has 0 unspecified atom stereocenters. The molecule has 0 atom stereocenters. The van der Waals surface area contributed by atoms with Crippen molar-refractivity contribution in [1.29, 1.82) is 0 Å². The van der Waals surface area contributed by atoms with Crippen LogP contribution < -0.4 is 0 Å². The van der Waals surface area contributed by atoms with Gasteiger partial charge in [0.15, 0.2) is 17.5 Å². The summed E-state index contributed by atoms with van der Waals surface area (Å²) in [7, 11) is 0. The molecular weight excluding hydrogens is 1800 g/mol. The molecule has 0 bridgehead atoms. The van der Waals surface area contributed by atoms with Crippen molar-refractivity contribution in [2.45, 2.75) is 105 Å². The van der Waals surface area contributed by atoms with Crippen molar-refractivity contribution in [3.05, 3.63) is 319 Å². The Hall–Kier alpha value is -9.35. The van der Waals surface area contributed by atoms with Crippen LogP contribution in [0.4, 0.5) is 8.78 Å². The molecule has 5 heterocycles. The van der Waals surface area contributed by atoms with Crippen LogP contribution in [0.5, 0.6) is 0 Å². The number of carbonyl (C=O) groups is 1. The number of hydrogen-bond acceptors (Lipinski definition) is 8. The van der Waals surface area contributed by atoms with Crippen LogP contribution >= 0.6 is 0 Å². The maximum absolute atomic E-state index is 13.2. The summed E-state index contributed by atoms with van der Waals surface area (Å²) in [5, 5.41) is 8.32. The van der Waals surface area contributed by atoms with Gasteiger partial charge in [-0.15, -0.1) is 107 Å². The zero-order chi connectivity index (χ0) is 70.5. The first kappa shape index (κ1) is 80.0. The maximum atomic E-state index is 13.2. The fourth-order valence-electron chi connectivity index (χ4n) is 10.7. The molecule has 9 nitrogen and oxygen atoms in total. The molecule has 13 aromatic rings. The van der Waals surface area contributed by atoms with E-state index in [1.54, 1.807) is 36.4 Å². The number of aromatic carboxylic acids is 1. The second-order valence-electron chi connectivity index (χ2n) is 28.1. The molecule has 0 fully saturated rings. The van der Waals surface area contributed by atoms with Gasteiger partial charge in [-0.1, -0.05) is 210 Å². The van der Waals surface area contributed by atoms with E-state index in [0.29, 0.717) is 23.0 Å². The van der Waals surface area contributed by atoms with Gasteiger partial charge < -0.3 is 15.1 Å². The van der Waals surface area contributed by atoms with E-state index in [-0.39, 0.29) is 93.4 Å². The molecule has 1 N–H and O–H groups in total. The maximum Gasteiger partial charge on any atom is 0.354 e. The minimum Gasteiger partial charge on any atom is -0.477 e. The van der Waals surface area contributed by atoms with Gasteiger partial charge in [-0.2, -0.15) is 0 Å². The number of hydrogen-bond donors (Lipinski definition) is 1. The quantitative estimate of drug-likeness (QED) is 0.133. The van der Waals surface area contributed by atoms with Crippen molar-refractivity contribution >= 4 is 5.97 Å². The zero-order valence-corrected chi connectivity index (χ0v) is 66.3. The summed E-state index contributed by atoms with van der Waals surface area (Å²) in [6, 6.07) is 88.0. The molecule has 0 aliphatic rings. The molecule has 0 amide bonds. The molecule has 13 rings (SSSR count). The van der Waals surface area contributed by atoms with Crippen LogP contribution in [0.3, 0.4) is 0 Å². The van der Waals surface area contributed by atoms with Crippen LogP contribution in [0.2, 0.25) is 0 Å². The van der Waals surface area contributed by atoms with E-state index in [2.05, 4.69) is 249 Å². The van der Waals surface area contributed by atoms with Gasteiger partial charge in [0.1, 0.15) is 17.3 Å². The summed E-state index contributed by atoms with van der Waals surface area (Å²) >= 11 is 0. The first-order valence-corrected chi connectivity index (χ1v) is 32.9. The average molecular weight is 1880 g/mol. The predicted molar refractivity (Wildman–Crippen MR) is 397 cm³/mol. The minimum absolute atomic E-state index is 0. The van der Waals surface area contributed by atoms with Gasteiger partial charge in [-0.3, -0.25) is 4.98 Å². The number of carboxylic acids is 1. The number of carboxylic acid groups (broad SMARTS) is 1. The summed E-state index contributed by atoms with van der Waals surface area (Å²) in [6.45, 7) is 26.8. The number of aromatic nitrogens is 7. The monoisotopic (exact) mass is 1880 g/mol. The Morgan fingerprint density at radius 2 is 0.745 bits per heavy atom. The van der Waals surface area contributed by atoms with Gasteiger partial charge >= 0.3 is 5.97 Å². The van der Waals surface area contributed by atoms with Crippen molar-refractivity contribution in [1.82, 2.24) is 34.9 Å². The van der Waals surface area contributed by atoms with Crippen LogP contribution in [0, 0.1) is 29.8 Å². The topological polar surface area (TPSA) is 128 Å². The Labute approximate surface area is 640 Å². The van der Waals surface area contributed by atoms with E-state index in [9.17, 15) is 13.6 Å². The number of rotatable bonds is 10. The van der Waals surface area contributed by atoms with E-state index in [1.807, 2.05) is 73.1 Å². The fraction of sp³-hybridized carbons (Fsp3) is 0.182. The van der Waals surface area contributed by atoms with E-state index < -0.39 is 17.6 Å². The second kappa shape index (κ2) is 35.5. The molecule has 5 aromatic heterocycles. The number of halogens is 2. The molecular formula is C88H80F2Ir3N7O2-3. The van der Waals surface area contributed by atoms with Gasteiger partial charge in [-0.05, 0) is 120 Å². The average Bonchev–Trinajstić information content (AvgIpc) is 0.795. The molecule has 0 spiro atoms. The Morgan fingerprint density at radius 3 is 1.13 bits per heavy atom. The summed E-state index contributed by atoms with van der Waals surface area (Å²) in [4.78, 5) is 41.3. The molecule has 14 heteroatoms. The van der Waals surface area contributed by atoms with Gasteiger partial charge in [0.05, 0.1) is 6.20 Å². The van der Waals surface area contributed by atoms with Crippen molar-refractivity contribution in [2.24, 2.45) is 0 Å². The molecule has 0 saturated heterocycles. The van der Waals surface area contributed by atoms with Crippen LogP contribution in [0.1, 0.15) is 116 Å². The van der Waals surface area contributed by atoms with Gasteiger partial charge in [0.2, 0.25) is 0 Å². The number of nitrogens with zero attached hydrogens (tertiary/aromatic N) is 7. The normalized spacial score (nSPS) is 11.1. The van der Waals surface area contributed by atoms with Crippen molar-refractivity contribution in [2.75, 3.05) is 0 Å². The molecule has 8 aromatic carbocycles. The molecule has 102 heavy (non-hydrogen) atoms. The van der Waals surface area contributed by atoms with Crippen LogP contribution in [0.15, 0.2) is 261 Å². The van der Waals surface area contributed by atoms with Crippen molar-refractivity contribution in [3.8, 4) is 101 Å². The summed E-state index contributed by atoms with van der Waals surface area (Å²) < 4.78 is 25.8. The third-order valence-corrected chi connectivity index (χ3v) is 16.5. The fourth-order valence-corrected chi connectivity index (χ4v) is 10.7. The summed E-state index contributed by atoms with van der Waals surface area (Å²) in [5.74, 6) is -0.456. The smallest absolute Gasteiger partial charge is 0.354 e.